The van der Waals surface area contributed by atoms with Crippen LogP contribution in [0.15, 0.2) is 48.5 Å². The first-order valence-electron chi connectivity index (χ1n) is 11.0. The number of hydrogen-bond acceptors (Lipinski definition) is 4. The Kier molecular flexibility index (Phi) is 6.50. The predicted molar refractivity (Wildman–Crippen MR) is 118 cm³/mol. The molecule has 1 unspecified atom stereocenters. The van der Waals surface area contributed by atoms with Gasteiger partial charge in [-0.15, -0.1) is 0 Å². The number of aryl methyl sites for hydroxylation is 1. The van der Waals surface area contributed by atoms with Gasteiger partial charge in [-0.3, -0.25) is 4.79 Å². The second-order valence-electron chi connectivity index (χ2n) is 8.33. The van der Waals surface area contributed by atoms with Crippen LogP contribution in [0, 0.1) is 0 Å². The van der Waals surface area contributed by atoms with Gasteiger partial charge in [0.05, 0.1) is 13.2 Å². The monoisotopic (exact) mass is 392 g/mol. The van der Waals surface area contributed by atoms with Gasteiger partial charge in [0.25, 0.3) is 0 Å². The van der Waals surface area contributed by atoms with Gasteiger partial charge in [0.15, 0.2) is 5.78 Å². The summed E-state index contributed by atoms with van der Waals surface area (Å²) in [5.41, 5.74) is 3.31. The molecule has 4 heteroatoms. The Labute approximate surface area is 174 Å². The predicted octanol–water partition coefficient (Wildman–Crippen LogP) is 4.58. The summed E-state index contributed by atoms with van der Waals surface area (Å²) in [5.74, 6) is 1.01. The Morgan fingerprint density at radius 1 is 1.07 bits per heavy atom. The summed E-state index contributed by atoms with van der Waals surface area (Å²) < 4.78 is 5.88. The fourth-order valence-electron chi connectivity index (χ4n) is 4.56. The van der Waals surface area contributed by atoms with Crippen LogP contribution in [-0.2, 0) is 6.42 Å². The van der Waals surface area contributed by atoms with E-state index < -0.39 is 0 Å². The molecule has 1 saturated heterocycles. The first kappa shape index (κ1) is 20.0. The topological polar surface area (TPSA) is 32.8 Å². The molecule has 4 rings (SSSR count). The van der Waals surface area contributed by atoms with Crippen LogP contribution in [0.4, 0.5) is 5.69 Å². The maximum Gasteiger partial charge on any atom is 0.182 e. The average molecular weight is 393 g/mol. The molecule has 0 saturated carbocycles. The smallest absolute Gasteiger partial charge is 0.182 e. The average Bonchev–Trinajstić information content (AvgIpc) is 3.16. The summed E-state index contributed by atoms with van der Waals surface area (Å²) >= 11 is 0. The molecule has 2 heterocycles. The van der Waals surface area contributed by atoms with Gasteiger partial charge in [0, 0.05) is 30.4 Å². The number of carbonyl (C=O) groups is 1. The van der Waals surface area contributed by atoms with E-state index in [1.807, 2.05) is 24.3 Å². The van der Waals surface area contributed by atoms with Crippen LogP contribution < -0.4 is 9.64 Å². The molecular formula is C25H32N2O2. The van der Waals surface area contributed by atoms with Gasteiger partial charge in [-0.05, 0) is 81.5 Å². The number of benzene rings is 2. The summed E-state index contributed by atoms with van der Waals surface area (Å²) in [7, 11) is 0. The lowest BCUT2D eigenvalue weighted by Gasteiger charge is -2.30. The molecule has 2 aliphatic heterocycles. The standard InChI is InChI=1S/C25H32N2O2/c1-20-7-4-15-26(20)17-6-18-29-23-13-11-22(12-14-23)25(28)19-27-16-5-9-21-8-2-3-10-24(21)27/h2-3,8,10-14,20H,4-7,9,15-19H2,1H3. The number of likely N-dealkylation sites (tertiary alicyclic amines) is 1. The van der Waals surface area contributed by atoms with E-state index in [0.717, 1.165) is 50.3 Å². The zero-order chi connectivity index (χ0) is 20.1. The normalized spacial score (nSPS) is 19.2. The van der Waals surface area contributed by atoms with Crippen molar-refractivity contribution in [2.45, 2.75) is 45.1 Å². The number of ether oxygens (including phenoxy) is 1. The van der Waals surface area contributed by atoms with E-state index in [9.17, 15) is 4.79 Å². The molecule has 29 heavy (non-hydrogen) atoms. The van der Waals surface area contributed by atoms with Crippen LogP contribution in [0.5, 0.6) is 5.75 Å². The van der Waals surface area contributed by atoms with Crippen LogP contribution in [-0.4, -0.2) is 49.5 Å². The van der Waals surface area contributed by atoms with Crippen molar-refractivity contribution in [3.63, 3.8) is 0 Å². The first-order valence-corrected chi connectivity index (χ1v) is 11.0. The molecule has 1 fully saturated rings. The fourth-order valence-corrected chi connectivity index (χ4v) is 4.56. The van der Waals surface area contributed by atoms with Gasteiger partial charge >= 0.3 is 0 Å². The molecule has 0 N–H and O–H groups in total. The molecule has 2 aromatic carbocycles. The number of Topliss-reactive ketones (excluding diaryl/α,β-unsaturated/α-hetero) is 1. The van der Waals surface area contributed by atoms with Crippen LogP contribution >= 0.6 is 0 Å². The molecule has 0 amide bonds. The highest BCUT2D eigenvalue weighted by Gasteiger charge is 2.20. The lowest BCUT2D eigenvalue weighted by molar-refractivity contribution is 0.0998. The van der Waals surface area contributed by atoms with Gasteiger partial charge in [-0.2, -0.15) is 0 Å². The third-order valence-electron chi connectivity index (χ3n) is 6.27. The Morgan fingerprint density at radius 2 is 1.90 bits per heavy atom. The number of para-hydroxylation sites is 1. The molecule has 0 spiro atoms. The van der Waals surface area contributed by atoms with E-state index in [1.165, 1.54) is 30.6 Å². The molecule has 154 valence electrons. The fraction of sp³-hybridized carbons (Fsp3) is 0.480. The van der Waals surface area contributed by atoms with Gasteiger partial charge in [0.1, 0.15) is 5.75 Å². The largest absolute Gasteiger partial charge is 0.494 e. The number of nitrogens with zero attached hydrogens (tertiary/aromatic N) is 2. The molecular weight excluding hydrogens is 360 g/mol. The molecule has 0 radical (unpaired) electrons. The Hall–Kier alpha value is -2.33. The third kappa shape index (κ3) is 4.99. The van der Waals surface area contributed by atoms with Gasteiger partial charge in [0.2, 0.25) is 0 Å². The van der Waals surface area contributed by atoms with E-state index in [-0.39, 0.29) is 5.78 Å². The second kappa shape index (κ2) is 9.45. The zero-order valence-electron chi connectivity index (χ0n) is 17.5. The van der Waals surface area contributed by atoms with Crippen molar-refractivity contribution < 1.29 is 9.53 Å². The number of anilines is 1. The van der Waals surface area contributed by atoms with Crippen molar-refractivity contribution in [2.24, 2.45) is 0 Å². The maximum absolute atomic E-state index is 12.8. The van der Waals surface area contributed by atoms with Crippen molar-refractivity contribution in [1.29, 1.82) is 0 Å². The minimum absolute atomic E-state index is 0.163. The lowest BCUT2D eigenvalue weighted by atomic mass is 10.0. The summed E-state index contributed by atoms with van der Waals surface area (Å²) in [4.78, 5) is 17.5. The van der Waals surface area contributed by atoms with E-state index >= 15 is 0 Å². The SMILES string of the molecule is CC1CCCN1CCCOc1ccc(C(=O)CN2CCCc3ccccc32)cc1. The number of hydrogen-bond donors (Lipinski definition) is 0. The van der Waals surface area contributed by atoms with E-state index in [0.29, 0.717) is 12.6 Å². The Balaban J connectivity index is 1.26. The van der Waals surface area contributed by atoms with Crippen LogP contribution in [0.1, 0.15) is 48.5 Å². The number of rotatable bonds is 8. The maximum atomic E-state index is 12.8. The van der Waals surface area contributed by atoms with E-state index in [1.54, 1.807) is 0 Å². The molecule has 2 aromatic rings. The number of carbonyl (C=O) groups excluding carboxylic acids is 1. The van der Waals surface area contributed by atoms with Gasteiger partial charge in [-0.25, -0.2) is 0 Å². The van der Waals surface area contributed by atoms with Crippen molar-refractivity contribution in [3.8, 4) is 5.75 Å². The highest BCUT2D eigenvalue weighted by Crippen LogP contribution is 2.27. The van der Waals surface area contributed by atoms with Crippen molar-refractivity contribution in [2.75, 3.05) is 37.7 Å². The highest BCUT2D eigenvalue weighted by atomic mass is 16.5. The Bertz CT molecular complexity index is 818. The summed E-state index contributed by atoms with van der Waals surface area (Å²) in [6.45, 7) is 6.74. The minimum atomic E-state index is 0.163. The molecule has 4 nitrogen and oxygen atoms in total. The van der Waals surface area contributed by atoms with E-state index in [4.69, 9.17) is 4.74 Å². The van der Waals surface area contributed by atoms with Gasteiger partial charge < -0.3 is 14.5 Å². The van der Waals surface area contributed by atoms with Crippen molar-refractivity contribution >= 4 is 11.5 Å². The zero-order valence-corrected chi connectivity index (χ0v) is 17.5. The van der Waals surface area contributed by atoms with Crippen molar-refractivity contribution in [1.82, 2.24) is 4.90 Å². The number of ketones is 1. The van der Waals surface area contributed by atoms with Crippen LogP contribution in [0.3, 0.4) is 0 Å². The molecule has 0 aliphatic carbocycles. The molecule has 0 aromatic heterocycles. The first-order chi connectivity index (χ1) is 14.2. The highest BCUT2D eigenvalue weighted by molar-refractivity contribution is 5.99. The van der Waals surface area contributed by atoms with Gasteiger partial charge in [-0.1, -0.05) is 18.2 Å². The summed E-state index contributed by atoms with van der Waals surface area (Å²) in [6, 6.07) is 16.8. The molecule has 1 atom stereocenters. The third-order valence-corrected chi connectivity index (χ3v) is 6.27. The van der Waals surface area contributed by atoms with Crippen LogP contribution in [0.25, 0.3) is 0 Å². The lowest BCUT2D eigenvalue weighted by Crippen LogP contribution is -2.34. The molecule has 0 bridgehead atoms. The van der Waals surface area contributed by atoms with Crippen LogP contribution in [0.2, 0.25) is 0 Å². The molecule has 2 aliphatic rings. The second-order valence-corrected chi connectivity index (χ2v) is 8.33. The summed E-state index contributed by atoms with van der Waals surface area (Å²) in [6.07, 6.45) is 5.89. The summed E-state index contributed by atoms with van der Waals surface area (Å²) in [5, 5.41) is 0. The Morgan fingerprint density at radius 3 is 2.69 bits per heavy atom. The van der Waals surface area contributed by atoms with E-state index in [2.05, 4.69) is 41.0 Å². The minimum Gasteiger partial charge on any atom is -0.494 e. The number of fused-ring (bicyclic) bond motifs is 1. The quantitative estimate of drug-likeness (QED) is 0.486. The van der Waals surface area contributed by atoms with Crippen molar-refractivity contribution in [3.05, 3.63) is 59.7 Å².